The molecule has 6 heteroatoms. The number of aliphatic imine (C=N–C) groups is 1. The van der Waals surface area contributed by atoms with Gasteiger partial charge in [-0.1, -0.05) is 6.07 Å². The van der Waals surface area contributed by atoms with Gasteiger partial charge in [-0.25, -0.2) is 9.38 Å². The molecule has 0 aliphatic carbocycles. The molecule has 98 valence electrons. The van der Waals surface area contributed by atoms with Crippen LogP contribution in [-0.2, 0) is 9.47 Å². The molecular weight excluding hydrogens is 239 g/mol. The number of rotatable bonds is 4. The Labute approximate surface area is 105 Å². The van der Waals surface area contributed by atoms with E-state index in [1.54, 1.807) is 7.11 Å². The maximum atomic E-state index is 12.9. The van der Waals surface area contributed by atoms with Crippen molar-refractivity contribution in [2.24, 2.45) is 4.99 Å². The zero-order valence-electron chi connectivity index (χ0n) is 10.3. The van der Waals surface area contributed by atoms with Gasteiger partial charge in [0.1, 0.15) is 5.82 Å². The number of benzene rings is 1. The van der Waals surface area contributed by atoms with Crippen LogP contribution in [0.15, 0.2) is 29.3 Å². The first-order chi connectivity index (χ1) is 8.67. The molecule has 0 spiro atoms. The Balaban J connectivity index is 2.65. The van der Waals surface area contributed by atoms with Crippen LogP contribution in [0.3, 0.4) is 0 Å². The van der Waals surface area contributed by atoms with Crippen molar-refractivity contribution in [1.82, 2.24) is 5.32 Å². The first kappa shape index (κ1) is 14.1. The van der Waals surface area contributed by atoms with Crippen LogP contribution in [0.1, 0.15) is 10.4 Å². The fraction of sp³-hybridized carbons (Fsp3) is 0.333. The van der Waals surface area contributed by atoms with Gasteiger partial charge < -0.3 is 9.47 Å². The highest BCUT2D eigenvalue weighted by Gasteiger charge is 2.09. The molecule has 1 aromatic rings. The van der Waals surface area contributed by atoms with E-state index in [0.717, 1.165) is 6.07 Å². The summed E-state index contributed by atoms with van der Waals surface area (Å²) in [6, 6.07) is 5.43. The van der Waals surface area contributed by atoms with Crippen molar-refractivity contribution in [1.29, 1.82) is 0 Å². The van der Waals surface area contributed by atoms with E-state index in [-0.39, 0.29) is 11.6 Å². The summed E-state index contributed by atoms with van der Waals surface area (Å²) in [5, 5.41) is 2.44. The van der Waals surface area contributed by atoms with Gasteiger partial charge in [-0.05, 0) is 18.2 Å². The second-order valence-corrected chi connectivity index (χ2v) is 3.35. The van der Waals surface area contributed by atoms with E-state index in [2.05, 4.69) is 10.3 Å². The van der Waals surface area contributed by atoms with Crippen LogP contribution >= 0.6 is 0 Å². The predicted molar refractivity (Wildman–Crippen MR) is 65.1 cm³/mol. The van der Waals surface area contributed by atoms with Crippen LogP contribution in [0.5, 0.6) is 0 Å². The predicted octanol–water partition coefficient (Wildman–Crippen LogP) is 1.20. The minimum Gasteiger partial charge on any atom is -0.468 e. The lowest BCUT2D eigenvalue weighted by molar-refractivity contribution is 0.0967. The molecule has 0 aliphatic heterocycles. The van der Waals surface area contributed by atoms with E-state index in [4.69, 9.17) is 9.47 Å². The van der Waals surface area contributed by atoms with Crippen LogP contribution in [-0.4, -0.2) is 39.3 Å². The summed E-state index contributed by atoms with van der Waals surface area (Å²) in [6.07, 6.45) is 0. The average molecular weight is 254 g/mol. The molecule has 5 nitrogen and oxygen atoms in total. The highest BCUT2D eigenvalue weighted by molar-refractivity contribution is 6.04. The zero-order chi connectivity index (χ0) is 13.4. The minimum atomic E-state index is -0.479. The number of hydrogen-bond acceptors (Lipinski definition) is 4. The number of amides is 1. The number of ether oxygens (including phenoxy) is 2. The van der Waals surface area contributed by atoms with Crippen LogP contribution in [0.25, 0.3) is 0 Å². The van der Waals surface area contributed by atoms with Gasteiger partial charge in [0.25, 0.3) is 11.9 Å². The molecule has 0 saturated carbocycles. The summed E-state index contributed by atoms with van der Waals surface area (Å²) in [5.74, 6) is -0.953. The lowest BCUT2D eigenvalue weighted by Crippen LogP contribution is -2.32. The molecule has 1 amide bonds. The fourth-order valence-electron chi connectivity index (χ4n) is 1.19. The second-order valence-electron chi connectivity index (χ2n) is 3.35. The van der Waals surface area contributed by atoms with Gasteiger partial charge in [0, 0.05) is 12.7 Å². The summed E-state index contributed by atoms with van der Waals surface area (Å²) < 4.78 is 22.6. The van der Waals surface area contributed by atoms with Gasteiger partial charge in [0.05, 0.1) is 20.3 Å². The molecule has 0 radical (unpaired) electrons. The first-order valence-electron chi connectivity index (χ1n) is 5.31. The third-order valence-electron chi connectivity index (χ3n) is 2.05. The number of nitrogens with one attached hydrogen (secondary N) is 1. The number of methoxy groups -OCH3 is 2. The Morgan fingerprint density at radius 1 is 1.44 bits per heavy atom. The van der Waals surface area contributed by atoms with E-state index in [1.165, 1.54) is 25.3 Å². The first-order valence-corrected chi connectivity index (χ1v) is 5.31. The smallest absolute Gasteiger partial charge is 0.291 e. The lowest BCUT2D eigenvalue weighted by Gasteiger charge is -2.07. The molecule has 18 heavy (non-hydrogen) atoms. The van der Waals surface area contributed by atoms with E-state index in [0.29, 0.717) is 13.2 Å². The van der Waals surface area contributed by atoms with Crippen LogP contribution < -0.4 is 5.32 Å². The van der Waals surface area contributed by atoms with Crippen molar-refractivity contribution in [3.8, 4) is 0 Å². The van der Waals surface area contributed by atoms with Crippen molar-refractivity contribution in [3.05, 3.63) is 35.6 Å². The van der Waals surface area contributed by atoms with Gasteiger partial charge >= 0.3 is 0 Å². The Bertz CT molecular complexity index is 435. The van der Waals surface area contributed by atoms with Gasteiger partial charge in [-0.15, -0.1) is 0 Å². The van der Waals surface area contributed by atoms with Crippen LogP contribution in [0.4, 0.5) is 4.39 Å². The molecule has 0 unspecified atom stereocenters. The molecule has 0 aromatic heterocycles. The number of carbonyl (C=O) groups is 1. The zero-order valence-corrected chi connectivity index (χ0v) is 10.3. The average Bonchev–Trinajstić information content (AvgIpc) is 2.37. The molecule has 1 N–H and O–H groups in total. The normalized spacial score (nSPS) is 11.2. The minimum absolute atomic E-state index is 0.0707. The third-order valence-corrected chi connectivity index (χ3v) is 2.05. The highest BCUT2D eigenvalue weighted by Crippen LogP contribution is 2.03. The van der Waals surface area contributed by atoms with Crippen molar-refractivity contribution in [3.63, 3.8) is 0 Å². The van der Waals surface area contributed by atoms with Gasteiger partial charge in [0.15, 0.2) is 0 Å². The van der Waals surface area contributed by atoms with Crippen molar-refractivity contribution >= 4 is 11.9 Å². The summed E-state index contributed by atoms with van der Waals surface area (Å²) >= 11 is 0. The molecule has 0 fully saturated rings. The molecule has 1 aromatic carbocycles. The largest absolute Gasteiger partial charge is 0.468 e. The standard InChI is InChI=1S/C12H15FN2O3/c1-17-7-6-14-12(18-2)15-11(16)9-4-3-5-10(13)8-9/h3-5,8H,6-7H2,1-2H3,(H,14,15,16). The quantitative estimate of drug-likeness (QED) is 0.499. The third kappa shape index (κ3) is 4.50. The van der Waals surface area contributed by atoms with E-state index in [9.17, 15) is 9.18 Å². The number of hydrogen-bond donors (Lipinski definition) is 1. The summed E-state index contributed by atoms with van der Waals surface area (Å²) in [4.78, 5) is 15.7. The Morgan fingerprint density at radius 3 is 2.83 bits per heavy atom. The second kappa shape index (κ2) is 7.39. The Hall–Kier alpha value is -1.95. The van der Waals surface area contributed by atoms with Crippen molar-refractivity contribution in [2.75, 3.05) is 27.4 Å². The molecule has 0 bridgehead atoms. The molecule has 0 aliphatic rings. The fourth-order valence-corrected chi connectivity index (χ4v) is 1.19. The van der Waals surface area contributed by atoms with Crippen molar-refractivity contribution < 1.29 is 18.7 Å². The topological polar surface area (TPSA) is 59.9 Å². The SMILES string of the molecule is COCCN=C(NC(=O)c1cccc(F)c1)OC. The summed E-state index contributed by atoms with van der Waals surface area (Å²) in [6.45, 7) is 0.784. The monoisotopic (exact) mass is 254 g/mol. The van der Waals surface area contributed by atoms with E-state index >= 15 is 0 Å². The molecule has 0 heterocycles. The number of carbonyl (C=O) groups excluding carboxylic acids is 1. The Kier molecular flexibility index (Phi) is 5.79. The highest BCUT2D eigenvalue weighted by atomic mass is 19.1. The van der Waals surface area contributed by atoms with Crippen molar-refractivity contribution in [2.45, 2.75) is 0 Å². The molecule has 0 saturated heterocycles. The lowest BCUT2D eigenvalue weighted by atomic mass is 10.2. The van der Waals surface area contributed by atoms with E-state index in [1.807, 2.05) is 0 Å². The number of halogens is 1. The molecule has 1 rings (SSSR count). The number of nitrogens with zero attached hydrogens (tertiary/aromatic N) is 1. The summed E-state index contributed by atoms with van der Waals surface area (Å²) in [5.41, 5.74) is 0.200. The maximum absolute atomic E-state index is 12.9. The number of amidine groups is 1. The van der Waals surface area contributed by atoms with Crippen LogP contribution in [0.2, 0.25) is 0 Å². The van der Waals surface area contributed by atoms with Gasteiger partial charge in [-0.3, -0.25) is 10.1 Å². The molecule has 0 atom stereocenters. The van der Waals surface area contributed by atoms with Gasteiger partial charge in [0.2, 0.25) is 0 Å². The molecular formula is C12H15FN2O3. The van der Waals surface area contributed by atoms with Gasteiger partial charge in [-0.2, -0.15) is 0 Å². The maximum Gasteiger partial charge on any atom is 0.291 e. The summed E-state index contributed by atoms with van der Waals surface area (Å²) in [7, 11) is 2.94. The van der Waals surface area contributed by atoms with E-state index < -0.39 is 11.7 Å². The Morgan fingerprint density at radius 2 is 2.22 bits per heavy atom. The van der Waals surface area contributed by atoms with Crippen LogP contribution in [0, 0.1) is 5.82 Å².